The second kappa shape index (κ2) is 8.84. The molecule has 158 valence electrons. The van der Waals surface area contributed by atoms with Gasteiger partial charge in [0.15, 0.2) is 0 Å². The monoisotopic (exact) mass is 415 g/mol. The molecule has 0 aliphatic carbocycles. The van der Waals surface area contributed by atoms with Crippen molar-refractivity contribution in [1.82, 2.24) is 14.9 Å². The van der Waals surface area contributed by atoms with Crippen LogP contribution in [0.5, 0.6) is 0 Å². The third-order valence-corrected chi connectivity index (χ3v) is 7.07. The summed E-state index contributed by atoms with van der Waals surface area (Å²) in [6.07, 6.45) is 3.83. The van der Waals surface area contributed by atoms with Crippen molar-refractivity contribution >= 4 is 21.8 Å². The lowest BCUT2D eigenvalue weighted by Gasteiger charge is -2.26. The molecule has 6 heteroatoms. The number of hydrogen-bond acceptors (Lipinski definition) is 4. The Labute approximate surface area is 176 Å². The van der Waals surface area contributed by atoms with Gasteiger partial charge in [0.1, 0.15) is 5.82 Å². The number of nitrogens with zero attached hydrogens (tertiary/aromatic N) is 2. The second-order valence-corrected chi connectivity index (χ2v) is 10.2. The summed E-state index contributed by atoms with van der Waals surface area (Å²) in [5.74, 6) is 1.68. The molecule has 0 saturated carbocycles. The number of ether oxygens (including phenoxy) is 1. The lowest BCUT2D eigenvalue weighted by atomic mass is 9.94. The van der Waals surface area contributed by atoms with Crippen LogP contribution in [0.15, 0.2) is 46.4 Å². The molecule has 0 radical (unpaired) electrons. The van der Waals surface area contributed by atoms with Crippen LogP contribution >= 0.6 is 0 Å². The van der Waals surface area contributed by atoms with Crippen molar-refractivity contribution in [1.29, 1.82) is 0 Å². The zero-order valence-electron chi connectivity index (χ0n) is 18.2. The van der Waals surface area contributed by atoms with Gasteiger partial charge in [0.2, 0.25) is 0 Å². The van der Waals surface area contributed by atoms with Gasteiger partial charge in [-0.1, -0.05) is 33.4 Å². The van der Waals surface area contributed by atoms with Gasteiger partial charge in [0.05, 0.1) is 26.7 Å². The molecule has 1 saturated heterocycles. The normalized spacial score (nSPS) is 17.8. The van der Waals surface area contributed by atoms with Crippen molar-refractivity contribution in [3.8, 4) is 0 Å². The Morgan fingerprint density at radius 2 is 2.07 bits per heavy atom. The highest BCUT2D eigenvalue weighted by molar-refractivity contribution is 7.89. The molecule has 3 rings (SSSR count). The van der Waals surface area contributed by atoms with Crippen LogP contribution in [-0.4, -0.2) is 34.0 Å². The predicted molar refractivity (Wildman–Crippen MR) is 120 cm³/mol. The van der Waals surface area contributed by atoms with Gasteiger partial charge in [-0.25, -0.2) is 9.19 Å². The van der Waals surface area contributed by atoms with Gasteiger partial charge in [-0.2, -0.15) is 0 Å². The van der Waals surface area contributed by atoms with Gasteiger partial charge in [-0.3, -0.25) is 0 Å². The van der Waals surface area contributed by atoms with E-state index in [1.165, 1.54) is 0 Å². The first-order valence-corrected chi connectivity index (χ1v) is 11.4. The van der Waals surface area contributed by atoms with Crippen LogP contribution in [0.1, 0.15) is 46.4 Å². The molecule has 0 bridgehead atoms. The van der Waals surface area contributed by atoms with Crippen LogP contribution in [0.4, 0.5) is 0 Å². The average molecular weight is 416 g/mol. The molecule has 1 aromatic heterocycles. The van der Waals surface area contributed by atoms with Crippen molar-refractivity contribution in [3.05, 3.63) is 47.3 Å². The van der Waals surface area contributed by atoms with Gasteiger partial charge in [-0.05, 0) is 43.9 Å². The molecule has 29 heavy (non-hydrogen) atoms. The molecule has 1 fully saturated rings. The molecular formula is C23H33N3O2S. The quantitative estimate of drug-likeness (QED) is 0.706. The highest BCUT2D eigenvalue weighted by Crippen LogP contribution is 2.31. The lowest BCUT2D eigenvalue weighted by molar-refractivity contribution is 0.0611. The van der Waals surface area contributed by atoms with E-state index in [0.29, 0.717) is 10.8 Å². The van der Waals surface area contributed by atoms with Crippen molar-refractivity contribution < 1.29 is 8.95 Å². The molecule has 5 nitrogen and oxygen atoms in total. The van der Waals surface area contributed by atoms with Crippen LogP contribution < -0.4 is 5.32 Å². The van der Waals surface area contributed by atoms with E-state index in [4.69, 9.17) is 9.72 Å². The van der Waals surface area contributed by atoms with E-state index in [1.807, 2.05) is 26.1 Å². The van der Waals surface area contributed by atoms with Crippen LogP contribution in [0.3, 0.4) is 0 Å². The molecule has 1 aliphatic heterocycles. The number of nitrogens with one attached hydrogen (secondary N) is 1. The van der Waals surface area contributed by atoms with E-state index in [0.717, 1.165) is 60.1 Å². The molecule has 1 unspecified atom stereocenters. The number of fused-ring (bicyclic) bond motifs is 1. The van der Waals surface area contributed by atoms with Crippen molar-refractivity contribution in [2.75, 3.05) is 20.3 Å². The Bertz CT molecular complexity index is 947. The first-order chi connectivity index (χ1) is 13.8. The zero-order valence-corrected chi connectivity index (χ0v) is 19.1. The highest BCUT2D eigenvalue weighted by Gasteiger charge is 2.26. The minimum atomic E-state index is -1.30. The van der Waals surface area contributed by atoms with E-state index in [-0.39, 0.29) is 5.41 Å². The van der Waals surface area contributed by atoms with Crippen LogP contribution in [0.2, 0.25) is 0 Å². The predicted octanol–water partition coefficient (Wildman–Crippen LogP) is 4.50. The van der Waals surface area contributed by atoms with Crippen LogP contribution in [-0.2, 0) is 27.5 Å². The average Bonchev–Trinajstić information content (AvgIpc) is 3.07. The van der Waals surface area contributed by atoms with Gasteiger partial charge in [-0.15, -0.1) is 0 Å². The number of benzene rings is 1. The van der Waals surface area contributed by atoms with E-state index in [2.05, 4.69) is 43.3 Å². The van der Waals surface area contributed by atoms with Gasteiger partial charge < -0.3 is 14.6 Å². The third-order valence-electron chi connectivity index (χ3n) is 5.52. The molecule has 2 aromatic rings. The van der Waals surface area contributed by atoms with Gasteiger partial charge in [0.25, 0.3) is 0 Å². The lowest BCUT2D eigenvalue weighted by Crippen LogP contribution is -2.25. The summed E-state index contributed by atoms with van der Waals surface area (Å²) in [7, 11) is 0.528. The second-order valence-electron chi connectivity index (χ2n) is 8.71. The van der Waals surface area contributed by atoms with Crippen LogP contribution in [0, 0.1) is 5.92 Å². The Morgan fingerprint density at radius 1 is 1.38 bits per heavy atom. The maximum absolute atomic E-state index is 13.1. The number of hydrogen-bond donors (Lipinski definition) is 1. The fraction of sp³-hybridized carbons (Fsp3) is 0.522. The van der Waals surface area contributed by atoms with E-state index < -0.39 is 10.8 Å². The smallest absolute Gasteiger partial charge is 0.115 e. The fourth-order valence-corrected chi connectivity index (χ4v) is 4.98. The van der Waals surface area contributed by atoms with Crippen LogP contribution in [0.25, 0.3) is 11.0 Å². The SMILES string of the molecule is C=C/C(=C(/C)NC)S(=O)c1ccc2c(c1)nc(C(C)(C)C)n2CC1CCOCC1. The largest absolute Gasteiger partial charge is 0.391 e. The molecule has 1 atom stereocenters. The topological polar surface area (TPSA) is 56.2 Å². The summed E-state index contributed by atoms with van der Waals surface area (Å²) in [5, 5.41) is 3.07. The van der Waals surface area contributed by atoms with Crippen molar-refractivity contribution in [2.45, 2.75) is 57.4 Å². The number of aromatic nitrogens is 2. The molecule has 0 spiro atoms. The number of imidazole rings is 1. The Kier molecular flexibility index (Phi) is 6.64. The van der Waals surface area contributed by atoms with Crippen molar-refractivity contribution in [2.24, 2.45) is 5.92 Å². The first-order valence-electron chi connectivity index (χ1n) is 10.3. The summed E-state index contributed by atoms with van der Waals surface area (Å²) < 4.78 is 21.0. The Hall–Kier alpha value is -1.92. The molecule has 1 aromatic carbocycles. The van der Waals surface area contributed by atoms with E-state index in [1.54, 1.807) is 6.08 Å². The molecule has 2 heterocycles. The summed E-state index contributed by atoms with van der Waals surface area (Å²) in [4.78, 5) is 6.43. The zero-order chi connectivity index (χ0) is 21.2. The van der Waals surface area contributed by atoms with Gasteiger partial charge in [0, 0.05) is 42.8 Å². The minimum absolute atomic E-state index is 0.0710. The molecular weight excluding hydrogens is 382 g/mol. The van der Waals surface area contributed by atoms with Crippen molar-refractivity contribution in [3.63, 3.8) is 0 Å². The molecule has 1 aliphatic rings. The van der Waals surface area contributed by atoms with Gasteiger partial charge >= 0.3 is 0 Å². The number of allylic oxidation sites excluding steroid dienone is 2. The maximum Gasteiger partial charge on any atom is 0.115 e. The van der Waals surface area contributed by atoms with E-state index >= 15 is 0 Å². The summed E-state index contributed by atoms with van der Waals surface area (Å²) in [5.41, 5.74) is 2.80. The summed E-state index contributed by atoms with van der Waals surface area (Å²) in [6, 6.07) is 5.99. The maximum atomic E-state index is 13.1. The minimum Gasteiger partial charge on any atom is -0.391 e. The molecule has 0 amide bonds. The van der Waals surface area contributed by atoms with E-state index in [9.17, 15) is 4.21 Å². The highest BCUT2D eigenvalue weighted by atomic mass is 32.2. The Balaban J connectivity index is 2.05. The standard InChI is InChI=1S/C23H33N3O2S/c1-7-21(16(2)24-6)29(27)18-8-9-20-19(14-18)25-22(23(3,4)5)26(20)15-17-10-12-28-13-11-17/h7-9,14,17,24H,1,10-13,15H2,2-6H3/b21-16+. The summed E-state index contributed by atoms with van der Waals surface area (Å²) >= 11 is 0. The molecule has 1 N–H and O–H groups in total. The fourth-order valence-electron chi connectivity index (χ4n) is 3.79. The number of rotatable bonds is 6. The Morgan fingerprint density at radius 3 is 2.66 bits per heavy atom. The summed E-state index contributed by atoms with van der Waals surface area (Å²) in [6.45, 7) is 15.0. The first kappa shape index (κ1) is 21.8. The third kappa shape index (κ3) is 4.64.